The van der Waals surface area contributed by atoms with E-state index in [9.17, 15) is 14.7 Å². The normalized spacial score (nSPS) is 17.0. The molecule has 1 aromatic carbocycles. The molecule has 0 saturated heterocycles. The number of hydrogen-bond donors (Lipinski definition) is 2. The topological polar surface area (TPSA) is 74.6 Å². The molecule has 0 heterocycles. The molecule has 4 heteroatoms. The highest BCUT2D eigenvalue weighted by molar-refractivity contribution is 5.94. The molecule has 0 spiro atoms. The molecular weight excluding hydrogens is 244 g/mol. The molecule has 1 aliphatic rings. The molecule has 0 amide bonds. The van der Waals surface area contributed by atoms with Gasteiger partial charge in [0.05, 0.1) is 11.1 Å². The summed E-state index contributed by atoms with van der Waals surface area (Å²) in [6.45, 7) is 6.21. The Hall–Kier alpha value is -1.84. The molecule has 1 fully saturated rings. The second-order valence-corrected chi connectivity index (χ2v) is 6.20. The van der Waals surface area contributed by atoms with Crippen molar-refractivity contribution in [1.29, 1.82) is 0 Å². The summed E-state index contributed by atoms with van der Waals surface area (Å²) >= 11 is 0. The van der Waals surface area contributed by atoms with Crippen LogP contribution in [0.2, 0.25) is 0 Å². The zero-order valence-electron chi connectivity index (χ0n) is 11.4. The molecule has 2 rings (SSSR count). The van der Waals surface area contributed by atoms with Gasteiger partial charge in [-0.2, -0.15) is 0 Å². The minimum absolute atomic E-state index is 0.0890. The van der Waals surface area contributed by atoms with E-state index in [0.29, 0.717) is 5.56 Å². The Morgan fingerprint density at radius 2 is 1.68 bits per heavy atom. The van der Waals surface area contributed by atoms with E-state index in [0.717, 1.165) is 12.8 Å². The number of aromatic carboxylic acids is 2. The largest absolute Gasteiger partial charge is 0.478 e. The summed E-state index contributed by atoms with van der Waals surface area (Å²) in [5.74, 6) is -2.02. The van der Waals surface area contributed by atoms with Crippen LogP contribution < -0.4 is 0 Å². The van der Waals surface area contributed by atoms with E-state index in [-0.39, 0.29) is 22.0 Å². The molecule has 102 valence electrons. The second-order valence-electron chi connectivity index (χ2n) is 6.20. The third-order valence-electron chi connectivity index (χ3n) is 4.20. The van der Waals surface area contributed by atoms with Crippen molar-refractivity contribution in [2.75, 3.05) is 0 Å². The van der Waals surface area contributed by atoms with E-state index in [4.69, 9.17) is 5.11 Å². The fraction of sp³-hybridized carbons (Fsp3) is 0.467. The lowest BCUT2D eigenvalue weighted by atomic mass is 9.71. The highest BCUT2D eigenvalue weighted by Crippen LogP contribution is 2.60. The first-order valence-corrected chi connectivity index (χ1v) is 6.30. The Labute approximate surface area is 112 Å². The van der Waals surface area contributed by atoms with Crippen molar-refractivity contribution in [2.45, 2.75) is 39.0 Å². The molecule has 0 aliphatic heterocycles. The fourth-order valence-electron chi connectivity index (χ4n) is 2.81. The molecule has 0 unspecified atom stereocenters. The van der Waals surface area contributed by atoms with Crippen molar-refractivity contribution in [1.82, 2.24) is 0 Å². The lowest BCUT2D eigenvalue weighted by molar-refractivity contribution is 0.0678. The summed E-state index contributed by atoms with van der Waals surface area (Å²) < 4.78 is 0. The van der Waals surface area contributed by atoms with Crippen molar-refractivity contribution < 1.29 is 19.8 Å². The van der Waals surface area contributed by atoms with E-state index in [2.05, 4.69) is 20.8 Å². The lowest BCUT2D eigenvalue weighted by Gasteiger charge is -2.32. The number of carboxylic acid groups (broad SMARTS) is 2. The molecule has 19 heavy (non-hydrogen) atoms. The first kappa shape index (κ1) is 13.6. The van der Waals surface area contributed by atoms with Crippen LogP contribution in [0.4, 0.5) is 0 Å². The number of benzene rings is 1. The molecular formula is C15H18O4. The van der Waals surface area contributed by atoms with Crippen LogP contribution in [0, 0.1) is 5.41 Å². The summed E-state index contributed by atoms with van der Waals surface area (Å²) in [6, 6.07) is 4.30. The van der Waals surface area contributed by atoms with E-state index in [1.54, 1.807) is 0 Å². The smallest absolute Gasteiger partial charge is 0.335 e. The predicted molar refractivity (Wildman–Crippen MR) is 70.7 cm³/mol. The van der Waals surface area contributed by atoms with Gasteiger partial charge in [0.25, 0.3) is 0 Å². The van der Waals surface area contributed by atoms with Gasteiger partial charge in [-0.25, -0.2) is 9.59 Å². The maximum absolute atomic E-state index is 11.4. The second kappa shape index (κ2) is 4.08. The third kappa shape index (κ3) is 2.11. The maximum atomic E-state index is 11.4. The van der Waals surface area contributed by atoms with Gasteiger partial charge in [0.2, 0.25) is 0 Å². The maximum Gasteiger partial charge on any atom is 0.335 e. The summed E-state index contributed by atoms with van der Waals surface area (Å²) in [6.07, 6.45) is 1.81. The average molecular weight is 262 g/mol. The summed E-state index contributed by atoms with van der Waals surface area (Å²) in [5.41, 5.74) is 0.723. The van der Waals surface area contributed by atoms with Crippen molar-refractivity contribution in [3.05, 3.63) is 34.9 Å². The Balaban J connectivity index is 2.63. The monoisotopic (exact) mass is 262 g/mol. The van der Waals surface area contributed by atoms with Crippen LogP contribution >= 0.6 is 0 Å². The molecule has 1 saturated carbocycles. The van der Waals surface area contributed by atoms with Crippen LogP contribution in [0.5, 0.6) is 0 Å². The highest BCUT2D eigenvalue weighted by atomic mass is 16.4. The van der Waals surface area contributed by atoms with Crippen LogP contribution in [-0.4, -0.2) is 22.2 Å². The molecule has 0 aromatic heterocycles. The molecule has 1 aliphatic carbocycles. The number of carbonyl (C=O) groups is 2. The summed E-state index contributed by atoms with van der Waals surface area (Å²) in [7, 11) is 0. The van der Waals surface area contributed by atoms with Gasteiger partial charge in [-0.15, -0.1) is 0 Å². The van der Waals surface area contributed by atoms with Gasteiger partial charge in [0, 0.05) is 5.41 Å². The summed E-state index contributed by atoms with van der Waals surface area (Å²) in [4.78, 5) is 22.4. The zero-order valence-corrected chi connectivity index (χ0v) is 11.4. The number of hydrogen-bond acceptors (Lipinski definition) is 2. The van der Waals surface area contributed by atoms with Gasteiger partial charge in [0.15, 0.2) is 0 Å². The van der Waals surface area contributed by atoms with E-state index in [1.165, 1.54) is 18.2 Å². The van der Waals surface area contributed by atoms with Crippen molar-refractivity contribution in [2.24, 2.45) is 5.41 Å². The zero-order chi connectivity index (χ0) is 14.4. The van der Waals surface area contributed by atoms with E-state index < -0.39 is 11.9 Å². The third-order valence-corrected chi connectivity index (χ3v) is 4.20. The van der Waals surface area contributed by atoms with Gasteiger partial charge in [-0.05, 0) is 42.0 Å². The minimum Gasteiger partial charge on any atom is -0.478 e. The van der Waals surface area contributed by atoms with Crippen LogP contribution in [-0.2, 0) is 5.41 Å². The molecule has 0 radical (unpaired) electrons. The SMILES string of the molecule is CC(C)(C)C1(c2cc(C(=O)O)ccc2C(=O)O)CC1. The first-order valence-electron chi connectivity index (χ1n) is 6.30. The Morgan fingerprint density at radius 3 is 2.05 bits per heavy atom. The van der Waals surface area contributed by atoms with Crippen LogP contribution in [0.1, 0.15) is 59.9 Å². The standard InChI is InChI=1S/C15H18O4/c1-14(2,3)15(6-7-15)11-8-9(12(16)17)4-5-10(11)13(18)19/h4-5,8H,6-7H2,1-3H3,(H,16,17)(H,18,19). The molecule has 0 atom stereocenters. The number of rotatable bonds is 3. The van der Waals surface area contributed by atoms with E-state index >= 15 is 0 Å². The Kier molecular flexibility index (Phi) is 2.92. The average Bonchev–Trinajstić information content (AvgIpc) is 3.08. The minimum atomic E-state index is -1.03. The first-order chi connectivity index (χ1) is 8.69. The van der Waals surface area contributed by atoms with Gasteiger partial charge < -0.3 is 10.2 Å². The van der Waals surface area contributed by atoms with Gasteiger partial charge in [-0.3, -0.25) is 0 Å². The summed E-state index contributed by atoms with van der Waals surface area (Å²) in [5, 5.41) is 18.4. The van der Waals surface area contributed by atoms with Crippen molar-refractivity contribution in [3.8, 4) is 0 Å². The lowest BCUT2D eigenvalue weighted by Crippen LogP contribution is -2.28. The van der Waals surface area contributed by atoms with Crippen molar-refractivity contribution in [3.63, 3.8) is 0 Å². The number of carboxylic acids is 2. The molecule has 0 bridgehead atoms. The van der Waals surface area contributed by atoms with Crippen LogP contribution in [0.3, 0.4) is 0 Å². The van der Waals surface area contributed by atoms with Crippen LogP contribution in [0.15, 0.2) is 18.2 Å². The Bertz CT molecular complexity index is 548. The van der Waals surface area contributed by atoms with E-state index in [1.807, 2.05) is 0 Å². The molecule has 2 N–H and O–H groups in total. The molecule has 4 nitrogen and oxygen atoms in total. The fourth-order valence-corrected chi connectivity index (χ4v) is 2.81. The van der Waals surface area contributed by atoms with Gasteiger partial charge in [-0.1, -0.05) is 20.8 Å². The van der Waals surface area contributed by atoms with Crippen molar-refractivity contribution >= 4 is 11.9 Å². The highest BCUT2D eigenvalue weighted by Gasteiger charge is 2.54. The van der Waals surface area contributed by atoms with Gasteiger partial charge >= 0.3 is 11.9 Å². The Morgan fingerprint density at radius 1 is 1.11 bits per heavy atom. The predicted octanol–water partition coefficient (Wildman–Crippen LogP) is 3.16. The van der Waals surface area contributed by atoms with Crippen LogP contribution in [0.25, 0.3) is 0 Å². The quantitative estimate of drug-likeness (QED) is 0.877. The van der Waals surface area contributed by atoms with Gasteiger partial charge in [0.1, 0.15) is 0 Å². The molecule has 1 aromatic rings.